The van der Waals surface area contributed by atoms with Crippen LogP contribution in [0.5, 0.6) is 0 Å². The maximum absolute atomic E-state index is 4.54. The van der Waals surface area contributed by atoms with Crippen LogP contribution in [0.15, 0.2) is 189 Å². The molecule has 0 unspecified atom stereocenters. The molecule has 1 aliphatic heterocycles. The number of aromatic nitrogens is 1. The van der Waals surface area contributed by atoms with E-state index in [0.29, 0.717) is 0 Å². The minimum atomic E-state index is 1.01. The number of benzene rings is 7. The van der Waals surface area contributed by atoms with E-state index in [9.17, 15) is 0 Å². The van der Waals surface area contributed by atoms with Crippen molar-refractivity contribution in [2.45, 2.75) is 0 Å². The van der Waals surface area contributed by atoms with E-state index in [1.807, 2.05) is 11.3 Å². The number of rotatable bonds is 5. The summed E-state index contributed by atoms with van der Waals surface area (Å²) in [6.07, 6.45) is 8.42. The minimum Gasteiger partial charge on any atom is -0.355 e. The van der Waals surface area contributed by atoms with Crippen LogP contribution in [-0.4, -0.2) is 4.57 Å². The van der Waals surface area contributed by atoms with Gasteiger partial charge >= 0.3 is 0 Å². The molecule has 1 N–H and O–H groups in total. The molecule has 0 amide bonds. The molecule has 7 aromatic carbocycles. The van der Waals surface area contributed by atoms with Crippen molar-refractivity contribution in [3.05, 3.63) is 194 Å². The van der Waals surface area contributed by atoms with Crippen LogP contribution in [-0.2, 0) is 0 Å². The Hall–Kier alpha value is -6.62. The van der Waals surface area contributed by atoms with Gasteiger partial charge in [-0.25, -0.2) is 0 Å². The number of nitrogens with one attached hydrogen (secondary N) is 1. The van der Waals surface area contributed by atoms with E-state index in [1.54, 1.807) is 0 Å². The van der Waals surface area contributed by atoms with Crippen LogP contribution in [0.4, 0.5) is 22.7 Å². The summed E-state index contributed by atoms with van der Waals surface area (Å²) in [6, 6.07) is 56.5. The highest BCUT2D eigenvalue weighted by atomic mass is 32.1. The zero-order chi connectivity index (χ0) is 34.6. The SMILES string of the molecule is C=C1/C=C\C=C/N(c2ccccc2)c2ccc3c(sc4ccc(-n5c6ccccc6c6cc(Nc7ccccc7-c7ccccc7)ccc65)cc43)c21. The standard InChI is InChI=1S/C48H33N3S/c1-32-14-12-13-29-50(35-17-6-3-7-18-35)45-27-25-39-41-31-36(24-28-46(41)52-48(39)47(32)45)51-43-22-11-9-20-38(43)40-30-34(23-26-44(40)51)49-42-21-10-8-19-37(42)33-15-4-2-5-16-33/h2-31,49H,1H2/b14-12-,29-13-. The average Bonchev–Trinajstić information content (AvgIpc) is 3.72. The summed E-state index contributed by atoms with van der Waals surface area (Å²) in [5, 5.41) is 8.68. The molecular weight excluding hydrogens is 651 g/mol. The van der Waals surface area contributed by atoms with Crippen molar-refractivity contribution in [3.63, 3.8) is 0 Å². The Bertz CT molecular complexity index is 2890. The Morgan fingerprint density at radius 2 is 1.33 bits per heavy atom. The van der Waals surface area contributed by atoms with Crippen molar-refractivity contribution in [1.82, 2.24) is 4.57 Å². The Labute approximate surface area is 306 Å². The van der Waals surface area contributed by atoms with Crippen molar-refractivity contribution in [3.8, 4) is 16.8 Å². The van der Waals surface area contributed by atoms with Gasteiger partial charge in [0.2, 0.25) is 0 Å². The van der Waals surface area contributed by atoms with Crippen LogP contribution in [0.1, 0.15) is 5.56 Å². The van der Waals surface area contributed by atoms with Crippen molar-refractivity contribution >= 4 is 81.6 Å². The van der Waals surface area contributed by atoms with Gasteiger partial charge in [-0.1, -0.05) is 110 Å². The molecule has 2 aromatic heterocycles. The first-order chi connectivity index (χ1) is 25.7. The predicted molar refractivity (Wildman–Crippen MR) is 225 cm³/mol. The average molecular weight is 684 g/mol. The van der Waals surface area contributed by atoms with Gasteiger partial charge in [0.05, 0.1) is 16.7 Å². The number of hydrogen-bond donors (Lipinski definition) is 1. The van der Waals surface area contributed by atoms with Gasteiger partial charge in [-0.15, -0.1) is 11.3 Å². The zero-order valence-corrected chi connectivity index (χ0v) is 29.1. The quantitative estimate of drug-likeness (QED) is 0.195. The van der Waals surface area contributed by atoms with Gasteiger partial charge in [0.15, 0.2) is 0 Å². The molecule has 52 heavy (non-hydrogen) atoms. The normalized spacial score (nSPS) is 14.1. The third-order valence-corrected chi connectivity index (χ3v) is 11.3. The third kappa shape index (κ3) is 4.96. The topological polar surface area (TPSA) is 20.2 Å². The number of allylic oxidation sites excluding steroid dienone is 4. The highest BCUT2D eigenvalue weighted by Crippen LogP contribution is 2.46. The molecule has 1 aliphatic rings. The second kappa shape index (κ2) is 12.3. The summed E-state index contributed by atoms with van der Waals surface area (Å²) in [5.74, 6) is 0. The number of fused-ring (bicyclic) bond motifs is 8. The number of anilines is 4. The molecule has 10 rings (SSSR count). The van der Waals surface area contributed by atoms with Crippen LogP contribution in [0.25, 0.3) is 64.4 Å². The Balaban J connectivity index is 1.11. The monoisotopic (exact) mass is 683 g/mol. The van der Waals surface area contributed by atoms with E-state index >= 15 is 0 Å². The number of hydrogen-bond acceptors (Lipinski definition) is 3. The first-order valence-corrected chi connectivity index (χ1v) is 18.4. The molecule has 0 aliphatic carbocycles. The van der Waals surface area contributed by atoms with Gasteiger partial charge in [0, 0.05) is 71.0 Å². The highest BCUT2D eigenvalue weighted by Gasteiger charge is 2.21. The smallest absolute Gasteiger partial charge is 0.0548 e. The second-order valence-electron chi connectivity index (χ2n) is 13.2. The number of para-hydroxylation sites is 3. The first-order valence-electron chi connectivity index (χ1n) is 17.5. The molecule has 0 saturated heterocycles. The lowest BCUT2D eigenvalue weighted by Gasteiger charge is -2.25. The minimum absolute atomic E-state index is 1.01. The van der Waals surface area contributed by atoms with Gasteiger partial charge in [0.25, 0.3) is 0 Å². The van der Waals surface area contributed by atoms with Crippen molar-refractivity contribution in [2.75, 3.05) is 10.2 Å². The zero-order valence-electron chi connectivity index (χ0n) is 28.3. The fourth-order valence-corrected chi connectivity index (χ4v) is 8.96. The van der Waals surface area contributed by atoms with Crippen LogP contribution >= 0.6 is 11.3 Å². The van der Waals surface area contributed by atoms with Gasteiger partial charge < -0.3 is 14.8 Å². The van der Waals surface area contributed by atoms with Crippen LogP contribution in [0.3, 0.4) is 0 Å². The van der Waals surface area contributed by atoms with Crippen LogP contribution < -0.4 is 10.2 Å². The molecule has 3 heterocycles. The Morgan fingerprint density at radius 1 is 0.558 bits per heavy atom. The van der Waals surface area contributed by atoms with E-state index in [-0.39, 0.29) is 0 Å². The molecule has 3 nitrogen and oxygen atoms in total. The predicted octanol–water partition coefficient (Wildman–Crippen LogP) is 13.8. The molecule has 0 saturated carbocycles. The van der Waals surface area contributed by atoms with E-state index in [1.165, 1.54) is 58.7 Å². The fourth-order valence-electron chi connectivity index (χ4n) is 7.70. The lowest BCUT2D eigenvalue weighted by atomic mass is 9.99. The van der Waals surface area contributed by atoms with E-state index in [2.05, 4.69) is 204 Å². The number of nitrogens with zero attached hydrogens (tertiary/aromatic N) is 2. The molecule has 0 bridgehead atoms. The second-order valence-corrected chi connectivity index (χ2v) is 14.2. The van der Waals surface area contributed by atoms with E-state index < -0.39 is 0 Å². The molecule has 0 radical (unpaired) electrons. The van der Waals surface area contributed by atoms with Crippen molar-refractivity contribution < 1.29 is 0 Å². The van der Waals surface area contributed by atoms with Crippen LogP contribution in [0.2, 0.25) is 0 Å². The summed E-state index contributed by atoms with van der Waals surface area (Å²) >= 11 is 1.85. The summed E-state index contributed by atoms with van der Waals surface area (Å²) < 4.78 is 4.92. The van der Waals surface area contributed by atoms with Gasteiger partial charge in [0.1, 0.15) is 0 Å². The van der Waals surface area contributed by atoms with Gasteiger partial charge in [-0.2, -0.15) is 0 Å². The summed E-state index contributed by atoms with van der Waals surface area (Å²) in [5.41, 5.74) is 12.5. The van der Waals surface area contributed by atoms with E-state index in [0.717, 1.165) is 34.0 Å². The van der Waals surface area contributed by atoms with Crippen molar-refractivity contribution in [1.29, 1.82) is 0 Å². The molecule has 0 fully saturated rings. The lowest BCUT2D eigenvalue weighted by Crippen LogP contribution is -2.11. The Kier molecular flexibility index (Phi) is 7.15. The summed E-state index contributed by atoms with van der Waals surface area (Å²) in [4.78, 5) is 2.26. The third-order valence-electron chi connectivity index (χ3n) is 10.1. The maximum Gasteiger partial charge on any atom is 0.0548 e. The van der Waals surface area contributed by atoms with Gasteiger partial charge in [-0.05, 0) is 83.9 Å². The molecule has 246 valence electrons. The van der Waals surface area contributed by atoms with Gasteiger partial charge in [-0.3, -0.25) is 0 Å². The lowest BCUT2D eigenvalue weighted by molar-refractivity contribution is 1.19. The summed E-state index contributed by atoms with van der Waals surface area (Å²) in [6.45, 7) is 4.54. The molecule has 0 atom stereocenters. The first kappa shape index (κ1) is 30.2. The largest absolute Gasteiger partial charge is 0.355 e. The summed E-state index contributed by atoms with van der Waals surface area (Å²) in [7, 11) is 0. The molecule has 0 spiro atoms. The van der Waals surface area contributed by atoms with E-state index in [4.69, 9.17) is 0 Å². The number of thiophene rings is 1. The fraction of sp³-hybridized carbons (Fsp3) is 0. The highest BCUT2D eigenvalue weighted by molar-refractivity contribution is 7.26. The Morgan fingerprint density at radius 3 is 2.21 bits per heavy atom. The van der Waals surface area contributed by atoms with Crippen molar-refractivity contribution in [2.24, 2.45) is 0 Å². The molecule has 9 aromatic rings. The molecular formula is C48H33N3S. The maximum atomic E-state index is 4.54. The van der Waals surface area contributed by atoms with Crippen LogP contribution in [0, 0.1) is 0 Å². The molecule has 4 heteroatoms.